The fourth-order valence-corrected chi connectivity index (χ4v) is 12.8. The average Bonchev–Trinajstić information content (AvgIpc) is 3.61. The van der Waals surface area contributed by atoms with Crippen LogP contribution < -0.4 is 5.46 Å². The first-order chi connectivity index (χ1) is 32.9. The van der Waals surface area contributed by atoms with Gasteiger partial charge in [-0.1, -0.05) is 81.2 Å². The van der Waals surface area contributed by atoms with Gasteiger partial charge in [0.25, 0.3) is 30.4 Å². The number of hydrogen-bond acceptors (Lipinski definition) is 12. The Bertz CT molecular complexity index is 3030. The molecule has 70 heavy (non-hydrogen) atoms. The highest BCUT2D eigenvalue weighted by Crippen LogP contribution is 2.58. The van der Waals surface area contributed by atoms with E-state index in [4.69, 9.17) is 21.9 Å². The summed E-state index contributed by atoms with van der Waals surface area (Å²) in [5.41, 5.74) is 6.71. The second kappa shape index (κ2) is 20.0. The second-order valence-electron chi connectivity index (χ2n) is 19.6. The third-order valence-electron chi connectivity index (χ3n) is 14.0. The van der Waals surface area contributed by atoms with Crippen molar-refractivity contribution in [1.82, 2.24) is 4.90 Å². The SMILES string of the molecule is Cc1ccc(S(=O)(=O)OCCCC(=O)N2Cc3cc(Br)cc4c3-c3c(cc(B5OC(C)(C)C(C)(C)O5)cc3C4(CCCOS(=O)(=O)c3ccc(C)cc3)CCCOS(=O)(=O)c3ccc(C)cc3)C2)cc1. The van der Waals surface area contributed by atoms with Crippen molar-refractivity contribution in [3.63, 3.8) is 0 Å². The molecule has 1 amide bonds. The van der Waals surface area contributed by atoms with E-state index >= 15 is 0 Å². The van der Waals surface area contributed by atoms with Crippen molar-refractivity contribution in [1.29, 1.82) is 0 Å². The molecular weight excluding hydrogens is 1020 g/mol. The number of rotatable bonds is 19. The summed E-state index contributed by atoms with van der Waals surface area (Å²) in [6.45, 7) is 13.5. The van der Waals surface area contributed by atoms with E-state index in [2.05, 4.69) is 28.1 Å². The summed E-state index contributed by atoms with van der Waals surface area (Å²) in [6.07, 6.45) is 1.59. The van der Waals surface area contributed by atoms with Crippen LogP contribution in [0.1, 0.15) is 105 Å². The van der Waals surface area contributed by atoms with Gasteiger partial charge in [-0.25, -0.2) is 0 Å². The van der Waals surface area contributed by atoms with E-state index in [9.17, 15) is 30.0 Å². The average molecular weight is 1080 g/mol. The van der Waals surface area contributed by atoms with Crippen molar-refractivity contribution < 1.29 is 51.9 Å². The van der Waals surface area contributed by atoms with Crippen LogP contribution in [0.25, 0.3) is 11.1 Å². The molecular formula is C52H59BBrNO12S3. The minimum atomic E-state index is -4.08. The standard InChI is InChI=1S/C52H59BBrNO12S3/c1-35-12-18-42(19-13-35)68(57,58)63-26-8-11-47(56)55-33-38-29-40(53-66-50(4,5)51(6,7)67-53)31-45-48(38)49-39(34-55)30-41(54)32-46(49)52(45,24-9-27-64-69(59,60)43-20-14-36(2)15-21-43)25-10-28-65-70(61,62)44-22-16-37(3)17-23-44/h12-23,29-32H,8-11,24-28,33-34H2,1-7H3. The maximum Gasteiger partial charge on any atom is 0.494 e. The van der Waals surface area contributed by atoms with E-state index in [-0.39, 0.29) is 66.3 Å². The lowest BCUT2D eigenvalue weighted by atomic mass is 9.68. The first-order valence-corrected chi connectivity index (χ1v) is 28.5. The Balaban J connectivity index is 1.15. The van der Waals surface area contributed by atoms with E-state index < -0.39 is 54.1 Å². The number of amides is 1. The fraction of sp³-hybridized carbons (Fsp3) is 0.404. The minimum absolute atomic E-state index is 0.0274. The summed E-state index contributed by atoms with van der Waals surface area (Å²) in [7, 11) is -13.0. The molecule has 5 aromatic carbocycles. The quantitative estimate of drug-likeness (QED) is 0.0437. The molecule has 0 unspecified atom stereocenters. The Morgan fingerprint density at radius 3 is 1.40 bits per heavy atom. The molecule has 0 aromatic heterocycles. The van der Waals surface area contributed by atoms with E-state index in [0.717, 1.165) is 60.0 Å². The molecule has 0 N–H and O–H groups in total. The number of halogens is 1. The number of nitrogens with zero attached hydrogens (tertiary/aromatic N) is 1. The highest BCUT2D eigenvalue weighted by molar-refractivity contribution is 9.10. The molecule has 1 fully saturated rings. The molecule has 0 spiro atoms. The number of hydrogen-bond donors (Lipinski definition) is 0. The molecule has 1 aliphatic carbocycles. The summed E-state index contributed by atoms with van der Waals surface area (Å²) >= 11 is 3.80. The van der Waals surface area contributed by atoms with Crippen molar-refractivity contribution in [3.8, 4) is 11.1 Å². The molecule has 0 radical (unpaired) electrons. The van der Waals surface area contributed by atoms with Crippen LogP contribution in [0.4, 0.5) is 0 Å². The van der Waals surface area contributed by atoms with Crippen molar-refractivity contribution in [2.45, 2.75) is 131 Å². The second-order valence-corrected chi connectivity index (χ2v) is 25.4. The van der Waals surface area contributed by atoms with Gasteiger partial charge in [-0.15, -0.1) is 0 Å². The summed E-state index contributed by atoms with van der Waals surface area (Å²) < 4.78 is 110. The molecule has 5 aromatic rings. The van der Waals surface area contributed by atoms with E-state index in [0.29, 0.717) is 25.7 Å². The zero-order valence-electron chi connectivity index (χ0n) is 40.5. The van der Waals surface area contributed by atoms with Gasteiger partial charge in [0.2, 0.25) is 5.91 Å². The molecule has 0 saturated carbocycles. The molecule has 13 nitrogen and oxygen atoms in total. The van der Waals surface area contributed by atoms with Gasteiger partial charge in [-0.2, -0.15) is 25.3 Å². The van der Waals surface area contributed by atoms with Gasteiger partial charge in [0.1, 0.15) is 0 Å². The first-order valence-electron chi connectivity index (χ1n) is 23.4. The van der Waals surface area contributed by atoms with Gasteiger partial charge >= 0.3 is 7.12 Å². The molecule has 372 valence electrons. The summed E-state index contributed by atoms with van der Waals surface area (Å²) in [5, 5.41) is 0. The molecule has 8 rings (SSSR count). The Hall–Kier alpha value is -4.24. The van der Waals surface area contributed by atoms with Gasteiger partial charge in [0, 0.05) is 29.4 Å². The highest BCUT2D eigenvalue weighted by Gasteiger charge is 2.53. The summed E-state index contributed by atoms with van der Waals surface area (Å²) in [4.78, 5) is 16.2. The monoisotopic (exact) mass is 1080 g/mol. The zero-order valence-corrected chi connectivity index (χ0v) is 44.6. The van der Waals surface area contributed by atoms with Crippen molar-refractivity contribution >= 4 is 64.8 Å². The summed E-state index contributed by atoms with van der Waals surface area (Å²) in [6, 6.07) is 27.5. The van der Waals surface area contributed by atoms with Gasteiger partial charge in [0.15, 0.2) is 0 Å². The lowest BCUT2D eigenvalue weighted by Gasteiger charge is -2.34. The third kappa shape index (κ3) is 10.8. The smallest absolute Gasteiger partial charge is 0.399 e. The zero-order chi connectivity index (χ0) is 50.4. The molecule has 1 saturated heterocycles. The highest BCUT2D eigenvalue weighted by atomic mass is 79.9. The number of carbonyl (C=O) groups is 1. The van der Waals surface area contributed by atoms with E-state index in [1.54, 1.807) is 41.3 Å². The van der Waals surface area contributed by atoms with Gasteiger partial charge in [-0.05, 0) is 168 Å². The van der Waals surface area contributed by atoms with Crippen LogP contribution in [0.5, 0.6) is 0 Å². The van der Waals surface area contributed by atoms with Gasteiger partial charge in [-0.3, -0.25) is 17.3 Å². The van der Waals surface area contributed by atoms with Gasteiger partial charge < -0.3 is 14.2 Å². The fourth-order valence-electron chi connectivity index (χ4n) is 9.51. The molecule has 0 atom stereocenters. The Kier molecular flexibility index (Phi) is 14.9. The maximum absolute atomic E-state index is 14.3. The number of benzene rings is 5. The molecule has 18 heteroatoms. The summed E-state index contributed by atoms with van der Waals surface area (Å²) in [5.74, 6) is -0.190. The van der Waals surface area contributed by atoms with Crippen LogP contribution in [-0.4, -0.2) is 74.2 Å². The van der Waals surface area contributed by atoms with E-state index in [1.807, 2.05) is 60.6 Å². The normalized spacial score (nSPS) is 16.9. The van der Waals surface area contributed by atoms with E-state index in [1.165, 1.54) is 36.4 Å². The molecule has 2 heterocycles. The largest absolute Gasteiger partial charge is 0.494 e. The molecule has 2 aliphatic heterocycles. The van der Waals surface area contributed by atoms with Crippen LogP contribution in [0.2, 0.25) is 0 Å². The minimum Gasteiger partial charge on any atom is -0.399 e. The molecule has 3 aliphatic rings. The van der Waals surface area contributed by atoms with Crippen LogP contribution in [0, 0.1) is 20.8 Å². The topological polar surface area (TPSA) is 169 Å². The van der Waals surface area contributed by atoms with Crippen LogP contribution in [0.15, 0.2) is 116 Å². The Labute approximate surface area is 421 Å². The Morgan fingerprint density at radius 1 is 0.586 bits per heavy atom. The lowest BCUT2D eigenvalue weighted by molar-refractivity contribution is -0.132. The molecule has 0 bridgehead atoms. The first kappa shape index (κ1) is 52.1. The van der Waals surface area contributed by atoms with Crippen molar-refractivity contribution in [2.75, 3.05) is 19.8 Å². The van der Waals surface area contributed by atoms with Gasteiger partial charge in [0.05, 0.1) is 45.7 Å². The Morgan fingerprint density at radius 2 is 0.971 bits per heavy atom. The van der Waals surface area contributed by atoms with Crippen molar-refractivity contribution in [3.05, 3.63) is 140 Å². The van der Waals surface area contributed by atoms with Crippen LogP contribution in [-0.2, 0) is 75.5 Å². The van der Waals surface area contributed by atoms with Crippen molar-refractivity contribution in [2.24, 2.45) is 0 Å². The maximum atomic E-state index is 14.3. The number of aryl methyl sites for hydroxylation is 3. The predicted molar refractivity (Wildman–Crippen MR) is 271 cm³/mol. The number of carbonyl (C=O) groups excluding carboxylic acids is 1. The predicted octanol–water partition coefficient (Wildman–Crippen LogP) is 9.34. The van der Waals surface area contributed by atoms with Crippen LogP contribution in [0.3, 0.4) is 0 Å². The third-order valence-corrected chi connectivity index (χ3v) is 18.4. The van der Waals surface area contributed by atoms with Crippen LogP contribution >= 0.6 is 15.9 Å². The lowest BCUT2D eigenvalue weighted by Crippen LogP contribution is -2.41.